The fourth-order valence-electron chi connectivity index (χ4n) is 3.25. The summed E-state index contributed by atoms with van der Waals surface area (Å²) in [6, 6.07) is 0. The zero-order valence-electron chi connectivity index (χ0n) is 16.1. The first-order chi connectivity index (χ1) is 10.1. The van der Waals surface area contributed by atoms with Gasteiger partial charge in [0.2, 0.25) is 0 Å². The minimum Gasteiger partial charge on any atom is -0.328 e. The largest absolute Gasteiger partial charge is 0.328 e. The molecule has 2 saturated carbocycles. The second kappa shape index (κ2) is 11.0. The summed E-state index contributed by atoms with van der Waals surface area (Å²) >= 11 is -1.19. The Bertz CT molecular complexity index is 345. The second-order valence-corrected chi connectivity index (χ2v) is 10.1. The molecule has 2 unspecified atom stereocenters. The smallest absolute Gasteiger partial charge is 0.0724 e. The molecule has 0 N–H and O–H groups in total. The van der Waals surface area contributed by atoms with Crippen molar-refractivity contribution in [3.8, 4) is 0 Å². The summed E-state index contributed by atoms with van der Waals surface area (Å²) < 4.78 is 17.0. The molecule has 2 aliphatic rings. The van der Waals surface area contributed by atoms with Crippen molar-refractivity contribution in [3.63, 3.8) is 0 Å². The van der Waals surface area contributed by atoms with Crippen molar-refractivity contribution >= 4 is 11.1 Å². The van der Waals surface area contributed by atoms with E-state index >= 15 is 0 Å². The van der Waals surface area contributed by atoms with Gasteiger partial charge in [-0.25, -0.2) is 5.25 Å². The monoisotopic (exact) mass is 417 g/mol. The molecule has 0 aromatic rings. The Morgan fingerprint density at radius 1 is 1.09 bits per heavy atom. The summed E-state index contributed by atoms with van der Waals surface area (Å²) in [6.07, 6.45) is 12.7. The quantitative estimate of drug-likeness (QED) is 0.527. The van der Waals surface area contributed by atoms with Crippen LogP contribution in [0, 0.1) is 22.5 Å². The van der Waals surface area contributed by atoms with Crippen LogP contribution in [0.25, 0.3) is 0 Å². The second-order valence-electron chi connectivity index (χ2n) is 8.67. The van der Waals surface area contributed by atoms with E-state index in [2.05, 4.69) is 34.1 Å². The van der Waals surface area contributed by atoms with Crippen molar-refractivity contribution in [1.82, 2.24) is 0 Å². The third-order valence-electron chi connectivity index (χ3n) is 4.68. The Kier molecular flexibility index (Phi) is 11.6. The van der Waals surface area contributed by atoms with Gasteiger partial charge in [-0.15, -0.1) is 0 Å². The Labute approximate surface area is 172 Å². The van der Waals surface area contributed by atoms with Crippen molar-refractivity contribution in [2.24, 2.45) is 10.8 Å². The van der Waals surface area contributed by atoms with Crippen LogP contribution in [0.3, 0.4) is 0 Å². The average molecular weight is 417 g/mol. The molecule has 23 heavy (non-hydrogen) atoms. The summed E-state index contributed by atoms with van der Waals surface area (Å²) in [7, 11) is 0. The molecule has 2 fully saturated rings. The van der Waals surface area contributed by atoms with Gasteiger partial charge >= 0.3 is 0 Å². The molecule has 0 bridgehead atoms. The van der Waals surface area contributed by atoms with Gasteiger partial charge in [0.05, 0.1) is 6.10 Å². The van der Waals surface area contributed by atoms with E-state index in [9.17, 15) is 4.21 Å². The minimum atomic E-state index is -1.19. The van der Waals surface area contributed by atoms with E-state index in [4.69, 9.17) is 4.18 Å². The van der Waals surface area contributed by atoms with Crippen molar-refractivity contribution in [2.45, 2.75) is 99.0 Å². The summed E-state index contributed by atoms with van der Waals surface area (Å²) in [5.41, 5.74) is 0.979. The van der Waals surface area contributed by atoms with E-state index in [0.29, 0.717) is 10.8 Å². The standard InChI is InChI=1S/C11H21O2S.C8H15.Y/c1-9(2)14(12)13-10-6-5-7-11(3,4)8-10;1-8(2)6-4-3-5-7-8;/h10H,5-8H2,1-4H3;4H,3,5-7H2,1-2H3;/q2*-1;. The van der Waals surface area contributed by atoms with Crippen LogP contribution in [0.5, 0.6) is 0 Å². The normalized spacial score (nSPS) is 27.3. The number of hydrogen-bond acceptors (Lipinski definition) is 2. The van der Waals surface area contributed by atoms with Crippen molar-refractivity contribution in [3.05, 3.63) is 11.7 Å². The molecule has 2 nitrogen and oxygen atoms in total. The van der Waals surface area contributed by atoms with Gasteiger partial charge in [-0.3, -0.25) is 4.21 Å². The molecule has 0 aromatic heterocycles. The van der Waals surface area contributed by atoms with Gasteiger partial charge in [-0.2, -0.15) is 26.7 Å². The summed E-state index contributed by atoms with van der Waals surface area (Å²) in [5, 5.41) is 0.855. The van der Waals surface area contributed by atoms with Crippen LogP contribution in [-0.4, -0.2) is 10.3 Å². The number of hydrogen-bond donors (Lipinski definition) is 0. The Balaban J connectivity index is 0.000000460. The van der Waals surface area contributed by atoms with Crippen molar-refractivity contribution in [2.75, 3.05) is 0 Å². The maximum Gasteiger partial charge on any atom is 0.0724 e. The van der Waals surface area contributed by atoms with Gasteiger partial charge in [-0.05, 0) is 35.8 Å². The van der Waals surface area contributed by atoms with Crippen molar-refractivity contribution < 1.29 is 41.1 Å². The van der Waals surface area contributed by atoms with Gasteiger partial charge in [0.1, 0.15) is 0 Å². The zero-order chi connectivity index (χ0) is 16.8. The summed E-state index contributed by atoms with van der Waals surface area (Å²) in [4.78, 5) is 0. The molecule has 1 radical (unpaired) electrons. The predicted octanol–water partition coefficient (Wildman–Crippen LogP) is 6.00. The first-order valence-electron chi connectivity index (χ1n) is 8.82. The van der Waals surface area contributed by atoms with E-state index in [1.807, 2.05) is 13.8 Å². The summed E-state index contributed by atoms with van der Waals surface area (Å²) in [5.74, 6) is 0. The molecule has 4 heteroatoms. The van der Waals surface area contributed by atoms with Crippen LogP contribution < -0.4 is 0 Å². The molecular formula is C19H36O2SY-2. The Hall–Kier alpha value is 1.21. The van der Waals surface area contributed by atoms with Crippen molar-refractivity contribution in [1.29, 1.82) is 0 Å². The average Bonchev–Trinajstić information content (AvgIpc) is 2.37. The maximum atomic E-state index is 11.5. The molecule has 0 aliphatic heterocycles. The van der Waals surface area contributed by atoms with Crippen LogP contribution in [0.4, 0.5) is 0 Å². The first kappa shape index (κ1) is 24.2. The van der Waals surface area contributed by atoms with Gasteiger partial charge in [0.25, 0.3) is 0 Å². The Morgan fingerprint density at radius 2 is 1.70 bits per heavy atom. The molecule has 135 valence electrons. The molecule has 0 aromatic carbocycles. The molecule has 0 saturated heterocycles. The molecule has 2 rings (SSSR count). The van der Waals surface area contributed by atoms with Crippen LogP contribution in [0.15, 0.2) is 0 Å². The van der Waals surface area contributed by atoms with E-state index in [1.54, 1.807) is 0 Å². The molecule has 2 atom stereocenters. The van der Waals surface area contributed by atoms with E-state index in [-0.39, 0.29) is 38.8 Å². The van der Waals surface area contributed by atoms with Crippen LogP contribution >= 0.6 is 0 Å². The topological polar surface area (TPSA) is 26.3 Å². The minimum absolute atomic E-state index is 0. The van der Waals surface area contributed by atoms with Gasteiger partial charge in [-0.1, -0.05) is 52.4 Å². The van der Waals surface area contributed by atoms with E-state index < -0.39 is 11.1 Å². The fraction of sp³-hybridized carbons (Fsp3) is 0.895. The SMILES string of the molecule is CC1(C)C[CH-]CCC1.C[C-](C)S(=O)OC1CCCC(C)(C)C1.[Y]. The van der Waals surface area contributed by atoms with E-state index in [1.165, 1.54) is 38.5 Å². The third-order valence-corrected chi connectivity index (χ3v) is 5.79. The Morgan fingerprint density at radius 3 is 2.09 bits per heavy atom. The third kappa shape index (κ3) is 10.7. The van der Waals surface area contributed by atoms with Gasteiger partial charge < -0.3 is 10.6 Å². The predicted molar refractivity (Wildman–Crippen MR) is 96.4 cm³/mol. The van der Waals surface area contributed by atoms with Gasteiger partial charge in [0, 0.05) is 32.7 Å². The van der Waals surface area contributed by atoms with E-state index in [0.717, 1.165) is 18.1 Å². The van der Waals surface area contributed by atoms with Crippen LogP contribution in [0.1, 0.15) is 92.9 Å². The molecule has 0 spiro atoms. The fourth-order valence-corrected chi connectivity index (χ4v) is 3.85. The summed E-state index contributed by atoms with van der Waals surface area (Å²) in [6.45, 7) is 12.9. The molecule has 0 heterocycles. The molecular weight excluding hydrogens is 381 g/mol. The van der Waals surface area contributed by atoms with Crippen LogP contribution in [-0.2, 0) is 48.0 Å². The maximum absolute atomic E-state index is 11.5. The first-order valence-corrected chi connectivity index (χ1v) is 9.90. The number of rotatable bonds is 3. The molecule has 0 amide bonds. The van der Waals surface area contributed by atoms with Gasteiger partial charge in [0.15, 0.2) is 0 Å². The van der Waals surface area contributed by atoms with Crippen LogP contribution in [0.2, 0.25) is 0 Å². The molecule has 2 aliphatic carbocycles. The zero-order valence-corrected chi connectivity index (χ0v) is 19.8.